The molecule has 1 fully saturated rings. The Morgan fingerprint density at radius 2 is 1.90 bits per heavy atom. The molecule has 0 aliphatic carbocycles. The first kappa shape index (κ1) is 8.12. The van der Waals surface area contributed by atoms with Gasteiger partial charge in [-0.15, -0.1) is 19.0 Å². The van der Waals surface area contributed by atoms with Gasteiger partial charge in [0.15, 0.2) is 0 Å². The van der Waals surface area contributed by atoms with Crippen LogP contribution in [0, 0.1) is 0 Å². The standard InChI is InChI=1S/C8H20BN/c1-4-9(5-2)7-6-8-10(9)3/h10H,4-8H2,1-3H3. The Hall–Kier alpha value is 0.0249. The third-order valence-electron chi connectivity index (χ3n) is 3.94. The lowest BCUT2D eigenvalue weighted by Crippen LogP contribution is -3.17. The summed E-state index contributed by atoms with van der Waals surface area (Å²) >= 11 is 0. The lowest BCUT2D eigenvalue weighted by molar-refractivity contribution is -0.766. The summed E-state index contributed by atoms with van der Waals surface area (Å²) in [7, 11) is 2.38. The van der Waals surface area contributed by atoms with Gasteiger partial charge in [0.1, 0.15) is 0 Å². The topological polar surface area (TPSA) is 4.44 Å². The van der Waals surface area contributed by atoms with Crippen LogP contribution in [-0.4, -0.2) is 19.9 Å². The molecule has 0 aromatic carbocycles. The van der Waals surface area contributed by atoms with Crippen LogP contribution in [0.3, 0.4) is 0 Å². The lowest BCUT2D eigenvalue weighted by Gasteiger charge is -2.36. The molecule has 1 nitrogen and oxygen atoms in total. The van der Waals surface area contributed by atoms with Crippen molar-refractivity contribution in [1.82, 2.24) is 0 Å². The predicted molar refractivity (Wildman–Crippen MR) is 47.9 cm³/mol. The van der Waals surface area contributed by atoms with Crippen LogP contribution >= 0.6 is 0 Å². The minimum Gasteiger partial charge on any atom is -0.528 e. The highest BCUT2D eigenvalue weighted by molar-refractivity contribution is 6.72. The molecular weight excluding hydrogens is 121 g/mol. The monoisotopic (exact) mass is 141 g/mol. The minimum absolute atomic E-state index is 0.0139. The van der Waals surface area contributed by atoms with E-state index in [0.29, 0.717) is 0 Å². The van der Waals surface area contributed by atoms with Crippen molar-refractivity contribution in [2.24, 2.45) is 0 Å². The van der Waals surface area contributed by atoms with Crippen molar-refractivity contribution in [1.29, 1.82) is 0 Å². The molecule has 0 aromatic heterocycles. The van der Waals surface area contributed by atoms with Gasteiger partial charge in [0.05, 0.1) is 0 Å². The van der Waals surface area contributed by atoms with Gasteiger partial charge in [-0.25, -0.2) is 0 Å². The average Bonchev–Trinajstić information content (AvgIpc) is 2.32. The average molecular weight is 141 g/mol. The number of hydrogen-bond acceptors (Lipinski definition) is 0. The van der Waals surface area contributed by atoms with E-state index in [1.807, 2.05) is 4.81 Å². The third-order valence-corrected chi connectivity index (χ3v) is 3.94. The molecule has 60 valence electrons. The van der Waals surface area contributed by atoms with Crippen LogP contribution in [0.25, 0.3) is 0 Å². The van der Waals surface area contributed by atoms with Crippen molar-refractivity contribution < 1.29 is 4.81 Å². The SMILES string of the molecule is CC[B-]1(CC)CCC[NH+]1C. The molecule has 1 saturated heterocycles. The van der Waals surface area contributed by atoms with E-state index < -0.39 is 0 Å². The van der Waals surface area contributed by atoms with Crippen LogP contribution in [-0.2, 0) is 0 Å². The molecular formula is C8H20BN. The fourth-order valence-electron chi connectivity index (χ4n) is 2.72. The Bertz CT molecular complexity index is 110. The van der Waals surface area contributed by atoms with Gasteiger partial charge in [-0.05, 0) is 6.42 Å². The van der Waals surface area contributed by atoms with Crippen molar-refractivity contribution in [2.75, 3.05) is 13.6 Å². The molecule has 0 amide bonds. The van der Waals surface area contributed by atoms with Gasteiger partial charge in [0.25, 0.3) is 0 Å². The molecule has 0 bridgehead atoms. The van der Waals surface area contributed by atoms with Crippen molar-refractivity contribution >= 4 is 6.28 Å². The second kappa shape index (κ2) is 2.95. The van der Waals surface area contributed by atoms with Crippen molar-refractivity contribution in [3.8, 4) is 0 Å². The molecule has 2 heteroatoms. The fraction of sp³-hybridized carbons (Fsp3) is 1.00. The van der Waals surface area contributed by atoms with Crippen LogP contribution in [0.2, 0.25) is 19.0 Å². The van der Waals surface area contributed by atoms with E-state index in [2.05, 4.69) is 20.9 Å². The summed E-state index contributed by atoms with van der Waals surface area (Å²) in [5.74, 6) is 0. The molecule has 1 rings (SSSR count). The van der Waals surface area contributed by atoms with Gasteiger partial charge in [-0.2, -0.15) is 0 Å². The van der Waals surface area contributed by atoms with Gasteiger partial charge in [0.2, 0.25) is 6.28 Å². The molecule has 1 atom stereocenters. The summed E-state index contributed by atoms with van der Waals surface area (Å²) < 4.78 is 0. The maximum atomic E-state index is 2.38. The summed E-state index contributed by atoms with van der Waals surface area (Å²) in [6.07, 6.45) is 5.83. The number of hydrogen-bond donors (Lipinski definition) is 1. The Kier molecular flexibility index (Phi) is 2.40. The van der Waals surface area contributed by atoms with Crippen LogP contribution in [0.1, 0.15) is 20.3 Å². The largest absolute Gasteiger partial charge is 0.528 e. The summed E-state index contributed by atoms with van der Waals surface area (Å²) in [4.78, 5) is 1.82. The molecule has 0 aromatic rings. The van der Waals surface area contributed by atoms with E-state index >= 15 is 0 Å². The van der Waals surface area contributed by atoms with Gasteiger partial charge < -0.3 is 4.81 Å². The van der Waals surface area contributed by atoms with E-state index in [-0.39, 0.29) is 6.28 Å². The minimum atomic E-state index is 0.0139. The zero-order chi connectivity index (χ0) is 7.61. The van der Waals surface area contributed by atoms with Crippen molar-refractivity contribution in [3.05, 3.63) is 0 Å². The van der Waals surface area contributed by atoms with Crippen LogP contribution < -0.4 is 4.81 Å². The zero-order valence-electron chi connectivity index (χ0n) is 7.61. The first-order chi connectivity index (χ1) is 4.75. The number of quaternary nitrogens is 1. The van der Waals surface area contributed by atoms with E-state index in [9.17, 15) is 0 Å². The molecule has 10 heavy (non-hydrogen) atoms. The second-order valence-electron chi connectivity index (χ2n) is 4.03. The molecule has 1 N–H and O–H groups in total. The number of nitrogens with one attached hydrogen (secondary N) is 1. The molecule has 0 radical (unpaired) electrons. The van der Waals surface area contributed by atoms with Gasteiger partial charge in [0, 0.05) is 13.6 Å². The first-order valence-electron chi connectivity index (χ1n) is 4.78. The highest BCUT2D eigenvalue weighted by atomic mass is 15.1. The zero-order valence-corrected chi connectivity index (χ0v) is 7.61. The quantitative estimate of drug-likeness (QED) is 0.544. The molecule has 1 aliphatic rings. The molecule has 1 heterocycles. The van der Waals surface area contributed by atoms with E-state index in [1.54, 1.807) is 0 Å². The van der Waals surface area contributed by atoms with Gasteiger partial charge >= 0.3 is 0 Å². The Balaban J connectivity index is 2.61. The van der Waals surface area contributed by atoms with Gasteiger partial charge in [-0.1, -0.05) is 13.8 Å². The van der Waals surface area contributed by atoms with E-state index in [1.165, 1.54) is 31.9 Å². The van der Waals surface area contributed by atoms with E-state index in [0.717, 1.165) is 0 Å². The normalized spacial score (nSPS) is 30.9. The predicted octanol–water partition coefficient (Wildman–Crippen LogP) is 0.890. The third kappa shape index (κ3) is 1.09. The Morgan fingerprint density at radius 3 is 2.10 bits per heavy atom. The van der Waals surface area contributed by atoms with Gasteiger partial charge in [-0.3, -0.25) is 0 Å². The summed E-state index contributed by atoms with van der Waals surface area (Å²) in [6, 6.07) is 0. The number of rotatable bonds is 2. The maximum absolute atomic E-state index is 2.38. The summed E-state index contributed by atoms with van der Waals surface area (Å²) in [6.45, 7) is 6.14. The first-order valence-corrected chi connectivity index (χ1v) is 4.78. The molecule has 0 saturated carbocycles. The lowest BCUT2D eigenvalue weighted by atomic mass is 9.30. The summed E-state index contributed by atoms with van der Waals surface area (Å²) in [5.41, 5.74) is 0. The molecule has 1 unspecified atom stereocenters. The van der Waals surface area contributed by atoms with Crippen LogP contribution in [0.5, 0.6) is 0 Å². The van der Waals surface area contributed by atoms with Crippen molar-refractivity contribution in [2.45, 2.75) is 39.2 Å². The molecule has 1 aliphatic heterocycles. The highest BCUT2D eigenvalue weighted by Crippen LogP contribution is 2.18. The van der Waals surface area contributed by atoms with Crippen LogP contribution in [0.4, 0.5) is 0 Å². The fourth-order valence-corrected chi connectivity index (χ4v) is 2.72. The Labute approximate surface area is 64.7 Å². The van der Waals surface area contributed by atoms with Crippen molar-refractivity contribution in [3.63, 3.8) is 0 Å². The highest BCUT2D eigenvalue weighted by Gasteiger charge is 2.35. The van der Waals surface area contributed by atoms with Crippen LogP contribution in [0.15, 0.2) is 0 Å². The maximum Gasteiger partial charge on any atom is 0.207 e. The second-order valence-corrected chi connectivity index (χ2v) is 4.03. The summed E-state index contributed by atoms with van der Waals surface area (Å²) in [5, 5.41) is 0. The Morgan fingerprint density at radius 1 is 1.30 bits per heavy atom. The van der Waals surface area contributed by atoms with E-state index in [4.69, 9.17) is 0 Å². The molecule has 0 spiro atoms. The smallest absolute Gasteiger partial charge is 0.207 e.